The zero-order valence-corrected chi connectivity index (χ0v) is 14.2. The van der Waals surface area contributed by atoms with Crippen LogP contribution in [-0.2, 0) is 24.1 Å². The molecule has 4 nitrogen and oxygen atoms in total. The molecule has 0 aliphatic heterocycles. The summed E-state index contributed by atoms with van der Waals surface area (Å²) in [6, 6.07) is 17.3. The summed E-state index contributed by atoms with van der Waals surface area (Å²) < 4.78 is 0. The van der Waals surface area contributed by atoms with Crippen LogP contribution < -0.4 is 11.1 Å². The zero-order valence-electron chi connectivity index (χ0n) is 13.4. The molecule has 128 valence electrons. The second-order valence-electron chi connectivity index (χ2n) is 6.18. The molecule has 1 aliphatic rings. The highest BCUT2D eigenvalue weighted by Crippen LogP contribution is 2.21. The molecule has 2 aromatic carbocycles. The van der Waals surface area contributed by atoms with Crippen molar-refractivity contribution in [3.8, 4) is 0 Å². The van der Waals surface area contributed by atoms with Gasteiger partial charge in [0.25, 0.3) is 5.91 Å². The number of amides is 1. The Bertz CT molecular complexity index is 653. The van der Waals surface area contributed by atoms with Crippen LogP contribution in [0.15, 0.2) is 54.6 Å². The van der Waals surface area contributed by atoms with E-state index >= 15 is 0 Å². The number of carbonyl (C=O) groups excluding carboxylic acids is 1. The Kier molecular flexibility index (Phi) is 6.37. The smallest absolute Gasteiger partial charge is 0.250 e. The van der Waals surface area contributed by atoms with E-state index in [2.05, 4.69) is 17.4 Å². The Balaban J connectivity index is 0.00000208. The lowest BCUT2D eigenvalue weighted by molar-refractivity contribution is -0.131. The summed E-state index contributed by atoms with van der Waals surface area (Å²) in [5, 5.41) is 13.1. The summed E-state index contributed by atoms with van der Waals surface area (Å²) in [5.41, 5.74) is 9.54. The van der Waals surface area contributed by atoms with Crippen LogP contribution in [0.2, 0.25) is 0 Å². The van der Waals surface area contributed by atoms with E-state index in [1.165, 1.54) is 11.1 Å². The maximum absolute atomic E-state index is 12.2. The summed E-state index contributed by atoms with van der Waals surface area (Å²) in [6.45, 7) is 0. The van der Waals surface area contributed by atoms with E-state index < -0.39 is 12.1 Å². The molecular weight excluding hydrogens is 324 g/mol. The molecule has 2 unspecified atom stereocenters. The van der Waals surface area contributed by atoms with Crippen molar-refractivity contribution < 1.29 is 9.90 Å². The van der Waals surface area contributed by atoms with E-state index in [-0.39, 0.29) is 24.4 Å². The second-order valence-corrected chi connectivity index (χ2v) is 6.18. The standard InChI is InChI=1S/C19H22N2O2.ClH/c20-17(10-13-6-2-1-3-7-13)18(22)19(23)21-16-11-14-8-4-5-9-15(14)12-16;/h1-9,16-18,22H,10-12,20H2,(H,21,23);1H. The average Bonchev–Trinajstić information content (AvgIpc) is 2.97. The predicted octanol–water partition coefficient (Wildman–Crippen LogP) is 1.62. The number of nitrogens with two attached hydrogens (primary N) is 1. The number of fused-ring (bicyclic) bond motifs is 1. The number of hydrogen-bond acceptors (Lipinski definition) is 3. The molecule has 2 aromatic rings. The predicted molar refractivity (Wildman–Crippen MR) is 97.2 cm³/mol. The largest absolute Gasteiger partial charge is 0.382 e. The number of rotatable bonds is 5. The van der Waals surface area contributed by atoms with Crippen molar-refractivity contribution in [3.05, 3.63) is 71.3 Å². The monoisotopic (exact) mass is 346 g/mol. The molecule has 0 heterocycles. The minimum absolute atomic E-state index is 0. The molecule has 3 rings (SSSR count). The fourth-order valence-electron chi connectivity index (χ4n) is 3.14. The Labute approximate surface area is 148 Å². The van der Waals surface area contributed by atoms with E-state index in [0.717, 1.165) is 18.4 Å². The van der Waals surface area contributed by atoms with Gasteiger partial charge in [-0.2, -0.15) is 0 Å². The van der Waals surface area contributed by atoms with Crippen LogP contribution >= 0.6 is 12.4 Å². The summed E-state index contributed by atoms with van der Waals surface area (Å²) in [7, 11) is 0. The molecule has 0 fully saturated rings. The number of aliphatic hydroxyl groups excluding tert-OH is 1. The van der Waals surface area contributed by atoms with Gasteiger partial charge < -0.3 is 16.2 Å². The Morgan fingerprint density at radius 2 is 1.62 bits per heavy atom. The van der Waals surface area contributed by atoms with Gasteiger partial charge >= 0.3 is 0 Å². The number of hydrogen-bond donors (Lipinski definition) is 3. The highest BCUT2D eigenvalue weighted by atomic mass is 35.5. The van der Waals surface area contributed by atoms with Crippen molar-refractivity contribution in [2.24, 2.45) is 5.73 Å². The van der Waals surface area contributed by atoms with E-state index in [1.807, 2.05) is 42.5 Å². The van der Waals surface area contributed by atoms with Gasteiger partial charge in [-0.25, -0.2) is 0 Å². The van der Waals surface area contributed by atoms with Crippen molar-refractivity contribution in [1.82, 2.24) is 5.32 Å². The Hall–Kier alpha value is -1.88. The van der Waals surface area contributed by atoms with Gasteiger partial charge in [0.05, 0.1) is 0 Å². The first-order chi connectivity index (χ1) is 11.1. The van der Waals surface area contributed by atoms with Gasteiger partial charge in [0, 0.05) is 12.1 Å². The molecule has 0 spiro atoms. The molecule has 0 saturated heterocycles. The third-order valence-electron chi connectivity index (χ3n) is 4.39. The van der Waals surface area contributed by atoms with Gasteiger partial charge in [0.1, 0.15) is 6.10 Å². The average molecular weight is 347 g/mol. The van der Waals surface area contributed by atoms with Gasteiger partial charge in [0.2, 0.25) is 0 Å². The molecule has 4 N–H and O–H groups in total. The van der Waals surface area contributed by atoms with Crippen LogP contribution in [0, 0.1) is 0 Å². The maximum atomic E-state index is 12.2. The summed E-state index contributed by atoms with van der Waals surface area (Å²) in [6.07, 6.45) is 0.893. The maximum Gasteiger partial charge on any atom is 0.250 e. The minimum atomic E-state index is -1.20. The van der Waals surface area contributed by atoms with Crippen LogP contribution in [-0.4, -0.2) is 29.2 Å². The molecular formula is C19H23ClN2O2. The third kappa shape index (κ3) is 4.35. The minimum Gasteiger partial charge on any atom is -0.382 e. The van der Waals surface area contributed by atoms with Crippen molar-refractivity contribution in [2.45, 2.75) is 37.5 Å². The molecule has 2 atom stereocenters. The van der Waals surface area contributed by atoms with Crippen molar-refractivity contribution in [1.29, 1.82) is 0 Å². The van der Waals surface area contributed by atoms with E-state index in [4.69, 9.17) is 5.73 Å². The van der Waals surface area contributed by atoms with Crippen LogP contribution in [0.3, 0.4) is 0 Å². The number of benzene rings is 2. The molecule has 0 bridgehead atoms. The number of carbonyl (C=O) groups is 1. The third-order valence-corrected chi connectivity index (χ3v) is 4.39. The van der Waals surface area contributed by atoms with Gasteiger partial charge in [-0.05, 0) is 36.0 Å². The first-order valence-electron chi connectivity index (χ1n) is 7.98. The molecule has 1 aliphatic carbocycles. The SMILES string of the molecule is Cl.NC(Cc1ccccc1)C(O)C(=O)NC1Cc2ccccc2C1. The van der Waals surface area contributed by atoms with E-state index in [0.29, 0.717) is 6.42 Å². The quantitative estimate of drug-likeness (QED) is 0.770. The van der Waals surface area contributed by atoms with Gasteiger partial charge in [-0.1, -0.05) is 54.6 Å². The topological polar surface area (TPSA) is 75.3 Å². The Morgan fingerprint density at radius 3 is 2.21 bits per heavy atom. The number of halogens is 1. The van der Waals surface area contributed by atoms with E-state index in [1.54, 1.807) is 0 Å². The lowest BCUT2D eigenvalue weighted by Gasteiger charge is -2.21. The Morgan fingerprint density at radius 1 is 1.08 bits per heavy atom. The summed E-state index contributed by atoms with van der Waals surface area (Å²) in [4.78, 5) is 12.2. The van der Waals surface area contributed by atoms with Crippen LogP contribution in [0.5, 0.6) is 0 Å². The first-order valence-corrected chi connectivity index (χ1v) is 7.98. The lowest BCUT2D eigenvalue weighted by atomic mass is 10.0. The zero-order chi connectivity index (χ0) is 16.2. The molecule has 5 heteroatoms. The van der Waals surface area contributed by atoms with Gasteiger partial charge in [0.15, 0.2) is 0 Å². The molecule has 24 heavy (non-hydrogen) atoms. The number of nitrogens with one attached hydrogen (secondary N) is 1. The van der Waals surface area contributed by atoms with Gasteiger partial charge in [-0.15, -0.1) is 12.4 Å². The normalized spacial score (nSPS) is 15.9. The van der Waals surface area contributed by atoms with Crippen molar-refractivity contribution in [3.63, 3.8) is 0 Å². The summed E-state index contributed by atoms with van der Waals surface area (Å²) >= 11 is 0. The van der Waals surface area contributed by atoms with Crippen LogP contribution in [0.4, 0.5) is 0 Å². The van der Waals surface area contributed by atoms with Crippen LogP contribution in [0.1, 0.15) is 16.7 Å². The molecule has 0 saturated carbocycles. The van der Waals surface area contributed by atoms with Gasteiger partial charge in [-0.3, -0.25) is 4.79 Å². The fraction of sp³-hybridized carbons (Fsp3) is 0.316. The lowest BCUT2D eigenvalue weighted by Crippen LogP contribution is -2.50. The molecule has 1 amide bonds. The van der Waals surface area contributed by atoms with Crippen molar-refractivity contribution in [2.75, 3.05) is 0 Å². The molecule has 0 aromatic heterocycles. The molecule has 0 radical (unpaired) electrons. The highest BCUT2D eigenvalue weighted by molar-refractivity contribution is 5.85. The fourth-order valence-corrected chi connectivity index (χ4v) is 3.14. The van der Waals surface area contributed by atoms with Crippen molar-refractivity contribution >= 4 is 18.3 Å². The highest BCUT2D eigenvalue weighted by Gasteiger charge is 2.28. The van der Waals surface area contributed by atoms with E-state index in [9.17, 15) is 9.90 Å². The second kappa shape index (κ2) is 8.29. The summed E-state index contributed by atoms with van der Waals surface area (Å²) in [5.74, 6) is -0.383. The van der Waals surface area contributed by atoms with Crippen LogP contribution in [0.25, 0.3) is 0 Å². The first kappa shape index (κ1) is 18.5. The number of aliphatic hydroxyl groups is 1.